The van der Waals surface area contributed by atoms with Gasteiger partial charge in [0.15, 0.2) is 0 Å². The Bertz CT molecular complexity index is 2900. The molecule has 0 aliphatic rings. The lowest BCUT2D eigenvalue weighted by atomic mass is 10.00. The molecule has 0 radical (unpaired) electrons. The lowest BCUT2D eigenvalue weighted by molar-refractivity contribution is 1.17. The Hall–Kier alpha value is -7.22. The predicted octanol–water partition coefficient (Wildman–Crippen LogP) is 16.1. The molecule has 0 aliphatic carbocycles. The number of fused-ring (bicyclic) bond motifs is 3. The number of rotatable bonds is 5. The number of aryl methyl sites for hydroxylation is 4. The molecule has 0 spiro atoms. The van der Waals surface area contributed by atoms with Gasteiger partial charge in [-0.3, -0.25) is 0 Å². The number of aromatic nitrogens is 1. The molecule has 0 atom stereocenters. The summed E-state index contributed by atoms with van der Waals surface area (Å²) >= 11 is 0. The highest BCUT2D eigenvalue weighted by Crippen LogP contribution is 2.35. The van der Waals surface area contributed by atoms with E-state index in [-0.39, 0.29) is 0 Å². The Morgan fingerprint density at radius 1 is 0.237 bits per heavy atom. The molecule has 1 nitrogen and oxygen atoms in total. The van der Waals surface area contributed by atoms with Gasteiger partial charge in [-0.25, -0.2) is 0 Å². The quantitative estimate of drug-likeness (QED) is 0.165. The summed E-state index contributed by atoms with van der Waals surface area (Å²) in [6.07, 6.45) is 0. The van der Waals surface area contributed by atoms with Crippen LogP contribution in [0.15, 0.2) is 224 Å². The fraction of sp³-hybridized carbons (Fsp3) is 0.0690. The maximum Gasteiger partial charge on any atom is 0.0541 e. The van der Waals surface area contributed by atoms with Crippen molar-refractivity contribution in [3.8, 4) is 50.2 Å². The molecule has 1 heteroatoms. The van der Waals surface area contributed by atoms with Crippen LogP contribution < -0.4 is 0 Å². The zero-order valence-corrected chi connectivity index (χ0v) is 34.3. The van der Waals surface area contributed by atoms with Crippen molar-refractivity contribution in [2.45, 2.75) is 27.7 Å². The number of hydrogen-bond acceptors (Lipinski definition) is 0. The van der Waals surface area contributed by atoms with E-state index in [9.17, 15) is 0 Å². The average molecular weight is 760 g/mol. The van der Waals surface area contributed by atoms with Gasteiger partial charge in [0.25, 0.3) is 0 Å². The van der Waals surface area contributed by atoms with Gasteiger partial charge in [-0.1, -0.05) is 211 Å². The van der Waals surface area contributed by atoms with Crippen LogP contribution in [-0.4, -0.2) is 4.57 Å². The molecule has 1 heterocycles. The first-order valence-electron chi connectivity index (χ1n) is 20.4. The van der Waals surface area contributed by atoms with Gasteiger partial charge >= 0.3 is 0 Å². The summed E-state index contributed by atoms with van der Waals surface area (Å²) in [5, 5.41) is 2.59. The largest absolute Gasteiger partial charge is 0.309 e. The van der Waals surface area contributed by atoms with Crippen molar-refractivity contribution in [3.63, 3.8) is 0 Å². The Balaban J connectivity index is 0.000000132. The van der Waals surface area contributed by atoms with Gasteiger partial charge in [-0.2, -0.15) is 0 Å². The summed E-state index contributed by atoms with van der Waals surface area (Å²) in [6, 6.07) is 79.9. The second-order valence-electron chi connectivity index (χ2n) is 15.3. The van der Waals surface area contributed by atoms with Crippen LogP contribution in [0.5, 0.6) is 0 Å². The van der Waals surface area contributed by atoms with Gasteiger partial charge in [-0.15, -0.1) is 0 Å². The molecule has 286 valence electrons. The molecule has 0 aliphatic heterocycles. The topological polar surface area (TPSA) is 4.93 Å². The van der Waals surface area contributed by atoms with Crippen molar-refractivity contribution in [3.05, 3.63) is 247 Å². The molecule has 59 heavy (non-hydrogen) atoms. The molecule has 1 aromatic heterocycles. The van der Waals surface area contributed by atoms with Crippen LogP contribution in [0.25, 0.3) is 72.0 Å². The van der Waals surface area contributed by atoms with Crippen molar-refractivity contribution in [2.24, 2.45) is 0 Å². The molecule has 0 saturated heterocycles. The first-order chi connectivity index (χ1) is 28.9. The maximum absolute atomic E-state index is 2.37. The second kappa shape index (κ2) is 17.9. The first-order valence-corrected chi connectivity index (χ1v) is 20.4. The minimum absolute atomic E-state index is 1.21. The second-order valence-corrected chi connectivity index (χ2v) is 15.3. The summed E-state index contributed by atoms with van der Waals surface area (Å²) in [7, 11) is 0. The molecule has 9 aromatic carbocycles. The third-order valence-corrected chi connectivity index (χ3v) is 10.9. The molecule has 0 fully saturated rings. The summed E-state index contributed by atoms with van der Waals surface area (Å²) in [5.74, 6) is 0. The highest BCUT2D eigenvalue weighted by molar-refractivity contribution is 6.10. The van der Waals surface area contributed by atoms with Crippen molar-refractivity contribution >= 4 is 21.8 Å². The summed E-state index contributed by atoms with van der Waals surface area (Å²) in [4.78, 5) is 0. The van der Waals surface area contributed by atoms with E-state index in [4.69, 9.17) is 0 Å². The molecule has 0 N–H and O–H groups in total. The Labute approximate surface area is 349 Å². The van der Waals surface area contributed by atoms with Crippen LogP contribution in [0.1, 0.15) is 22.3 Å². The van der Waals surface area contributed by atoms with E-state index >= 15 is 0 Å². The predicted molar refractivity (Wildman–Crippen MR) is 254 cm³/mol. The summed E-state index contributed by atoms with van der Waals surface area (Å²) < 4.78 is 2.37. The van der Waals surface area contributed by atoms with Crippen molar-refractivity contribution < 1.29 is 0 Å². The van der Waals surface area contributed by atoms with Gasteiger partial charge in [0.1, 0.15) is 0 Å². The van der Waals surface area contributed by atoms with E-state index in [0.29, 0.717) is 0 Å². The minimum Gasteiger partial charge on any atom is -0.309 e. The molecular weight excluding hydrogens is 711 g/mol. The number of nitrogens with zero attached hydrogens (tertiary/aromatic N) is 1. The molecule has 0 saturated carbocycles. The zero-order chi connectivity index (χ0) is 40.6. The van der Waals surface area contributed by atoms with Crippen molar-refractivity contribution in [1.82, 2.24) is 4.57 Å². The standard InChI is InChI=1S/C26H21N.C19H16.C13H12/c1-18-10-12-20(13-11-18)21-14-15-26-24(17-21)23-8-3-4-9-25(23)27(26)22-7-5-6-19(2)16-22;1-15-7-9-17(10-8-15)19-13-11-18(12-14-19)16-5-3-2-4-6-16;1-11-7-9-13(10-8-11)12-5-3-2-4-6-12/h3-17H,1-2H3;2-14H,1H3;2-10H,1H3. The Morgan fingerprint density at radius 2 is 0.610 bits per heavy atom. The van der Waals surface area contributed by atoms with E-state index in [1.807, 2.05) is 12.1 Å². The highest BCUT2D eigenvalue weighted by Gasteiger charge is 2.13. The van der Waals surface area contributed by atoms with Gasteiger partial charge in [0.2, 0.25) is 0 Å². The van der Waals surface area contributed by atoms with E-state index in [2.05, 4.69) is 245 Å². The lowest BCUT2D eigenvalue weighted by Crippen LogP contribution is -1.94. The van der Waals surface area contributed by atoms with Crippen LogP contribution in [0.4, 0.5) is 0 Å². The highest BCUT2D eigenvalue weighted by atomic mass is 15.0. The van der Waals surface area contributed by atoms with Gasteiger partial charge in [-0.05, 0) is 108 Å². The third-order valence-electron chi connectivity index (χ3n) is 10.9. The molecule has 0 bridgehead atoms. The van der Waals surface area contributed by atoms with Gasteiger partial charge in [0, 0.05) is 16.5 Å². The van der Waals surface area contributed by atoms with E-state index in [1.54, 1.807) is 0 Å². The minimum atomic E-state index is 1.21. The zero-order valence-electron chi connectivity index (χ0n) is 34.3. The molecule has 10 rings (SSSR count). The van der Waals surface area contributed by atoms with Crippen LogP contribution in [0.2, 0.25) is 0 Å². The fourth-order valence-electron chi connectivity index (χ4n) is 7.55. The van der Waals surface area contributed by atoms with E-state index in [1.165, 1.54) is 94.3 Å². The normalized spacial score (nSPS) is 10.7. The summed E-state index contributed by atoms with van der Waals surface area (Å²) in [6.45, 7) is 8.49. The monoisotopic (exact) mass is 759 g/mol. The van der Waals surface area contributed by atoms with Crippen molar-refractivity contribution in [1.29, 1.82) is 0 Å². The van der Waals surface area contributed by atoms with Gasteiger partial charge < -0.3 is 4.57 Å². The van der Waals surface area contributed by atoms with Crippen LogP contribution in [0.3, 0.4) is 0 Å². The molecular formula is C58H49N. The third kappa shape index (κ3) is 9.17. The van der Waals surface area contributed by atoms with Gasteiger partial charge in [0.05, 0.1) is 11.0 Å². The average Bonchev–Trinajstić information content (AvgIpc) is 3.62. The SMILES string of the molecule is Cc1ccc(-c2ccc(-c3ccccc3)cc2)cc1.Cc1ccc(-c2ccc3c(c2)c2ccccc2n3-c2cccc(C)c2)cc1.Cc1ccc(-c2ccccc2)cc1. The molecule has 0 amide bonds. The first kappa shape index (κ1) is 38.6. The van der Waals surface area contributed by atoms with E-state index < -0.39 is 0 Å². The molecule has 10 aromatic rings. The Kier molecular flexibility index (Phi) is 11.7. The lowest BCUT2D eigenvalue weighted by Gasteiger charge is -2.09. The van der Waals surface area contributed by atoms with Crippen molar-refractivity contribution in [2.75, 3.05) is 0 Å². The number of benzene rings is 9. The van der Waals surface area contributed by atoms with Crippen LogP contribution in [0, 0.1) is 27.7 Å². The fourth-order valence-corrected chi connectivity index (χ4v) is 7.55. The number of hydrogen-bond donors (Lipinski definition) is 0. The van der Waals surface area contributed by atoms with E-state index in [0.717, 1.165) is 0 Å². The van der Waals surface area contributed by atoms with Crippen LogP contribution >= 0.6 is 0 Å². The summed E-state index contributed by atoms with van der Waals surface area (Å²) in [5.41, 5.74) is 19.0. The number of para-hydroxylation sites is 1. The Morgan fingerprint density at radius 3 is 1.08 bits per heavy atom. The smallest absolute Gasteiger partial charge is 0.0541 e. The van der Waals surface area contributed by atoms with Crippen LogP contribution in [-0.2, 0) is 0 Å². The maximum atomic E-state index is 2.37. The molecule has 0 unspecified atom stereocenters.